The zero-order valence-electron chi connectivity index (χ0n) is 11.4. The highest BCUT2D eigenvalue weighted by Crippen LogP contribution is 2.08. The zero-order chi connectivity index (χ0) is 15.8. The second-order valence-corrected chi connectivity index (χ2v) is 4.59. The molecule has 0 radical (unpaired) electrons. The first-order valence-electron chi connectivity index (χ1n) is 6.25. The van der Waals surface area contributed by atoms with E-state index in [9.17, 15) is 10.1 Å². The number of hydrazine groups is 1. The average Bonchev–Trinajstić information content (AvgIpc) is 2.52. The topological polar surface area (TPSA) is 105 Å². The van der Waals surface area contributed by atoms with Gasteiger partial charge in [0.2, 0.25) is 0 Å². The smallest absolute Gasteiger partial charge is 0.275 e. The number of rotatable bonds is 7. The molecule has 0 saturated heterocycles. The normalized spacial score (nSPS) is 10.9. The summed E-state index contributed by atoms with van der Waals surface area (Å²) in [4.78, 5) is 18.0. The van der Waals surface area contributed by atoms with Crippen molar-refractivity contribution >= 4 is 17.4 Å². The summed E-state index contributed by atoms with van der Waals surface area (Å²) in [6, 6.07) is 6.91. The number of halogens is 1. The van der Waals surface area contributed by atoms with Crippen molar-refractivity contribution in [1.82, 2.24) is 20.7 Å². The van der Waals surface area contributed by atoms with Gasteiger partial charge in [-0.2, -0.15) is 0 Å². The predicted molar refractivity (Wildman–Crippen MR) is 82.2 cm³/mol. The summed E-state index contributed by atoms with van der Waals surface area (Å²) in [5.41, 5.74) is 6.38. The fourth-order valence-electron chi connectivity index (χ4n) is 1.51. The second kappa shape index (κ2) is 7.79. The molecule has 2 aromatic rings. The van der Waals surface area contributed by atoms with E-state index in [0.717, 1.165) is 11.8 Å². The molecule has 0 aliphatic heterocycles. The number of hydrogen-bond donors (Lipinski definition) is 3. The zero-order valence-corrected chi connectivity index (χ0v) is 12.1. The molecule has 0 unspecified atom stereocenters. The van der Waals surface area contributed by atoms with Crippen molar-refractivity contribution in [3.63, 3.8) is 0 Å². The molecule has 22 heavy (non-hydrogen) atoms. The Morgan fingerprint density at radius 3 is 2.73 bits per heavy atom. The van der Waals surface area contributed by atoms with Crippen molar-refractivity contribution in [3.05, 3.63) is 75.6 Å². The molecule has 0 aliphatic rings. The van der Waals surface area contributed by atoms with Gasteiger partial charge in [-0.15, -0.1) is 0 Å². The lowest BCUT2D eigenvalue weighted by molar-refractivity contribution is -0.404. The van der Waals surface area contributed by atoms with Gasteiger partial charge in [0.15, 0.2) is 5.82 Å². The van der Waals surface area contributed by atoms with E-state index in [1.165, 1.54) is 6.20 Å². The molecule has 2 heterocycles. The maximum absolute atomic E-state index is 10.7. The Balaban J connectivity index is 1.94. The molecule has 8 nitrogen and oxygen atoms in total. The highest BCUT2D eigenvalue weighted by Gasteiger charge is 2.03. The van der Waals surface area contributed by atoms with Crippen LogP contribution in [0.1, 0.15) is 5.56 Å². The molecule has 2 aromatic heterocycles. The summed E-state index contributed by atoms with van der Waals surface area (Å²) in [6.07, 6.45) is 5.59. The SMILES string of the molecule is O=[N+]([O-])/C=C(/NCc1ccncc1)NNc1ccc(Cl)cn1. The number of nitrogens with zero attached hydrogens (tertiary/aromatic N) is 3. The molecule has 114 valence electrons. The Morgan fingerprint density at radius 2 is 2.09 bits per heavy atom. The maximum atomic E-state index is 10.7. The van der Waals surface area contributed by atoms with Crippen molar-refractivity contribution in [1.29, 1.82) is 0 Å². The minimum Gasteiger partial charge on any atom is -0.361 e. The molecule has 0 saturated carbocycles. The van der Waals surface area contributed by atoms with Gasteiger partial charge in [0.1, 0.15) is 5.82 Å². The van der Waals surface area contributed by atoms with Gasteiger partial charge in [-0.25, -0.2) is 4.98 Å². The van der Waals surface area contributed by atoms with E-state index < -0.39 is 4.92 Å². The number of nitrogens with one attached hydrogen (secondary N) is 3. The van der Waals surface area contributed by atoms with Gasteiger partial charge in [0.05, 0.1) is 9.95 Å². The van der Waals surface area contributed by atoms with E-state index in [1.54, 1.807) is 24.5 Å². The molecular formula is C13H13ClN6O2. The first kappa shape index (κ1) is 15.5. The standard InChI is InChI=1S/C13H13ClN6O2/c14-11-1-2-12(17-8-11)18-19-13(9-20(21)22)16-7-10-3-5-15-6-4-10/h1-6,8-9,16,19H,7H2,(H,17,18)/b13-9-. The van der Waals surface area contributed by atoms with Crippen molar-refractivity contribution in [2.75, 3.05) is 5.43 Å². The van der Waals surface area contributed by atoms with Crippen molar-refractivity contribution in [2.45, 2.75) is 6.54 Å². The Bertz CT molecular complexity index is 647. The van der Waals surface area contributed by atoms with Gasteiger partial charge in [-0.3, -0.25) is 25.9 Å². The van der Waals surface area contributed by atoms with Crippen LogP contribution in [0.25, 0.3) is 0 Å². The third-order valence-electron chi connectivity index (χ3n) is 2.52. The van der Waals surface area contributed by atoms with Crippen LogP contribution in [-0.4, -0.2) is 14.9 Å². The molecule has 0 spiro atoms. The Morgan fingerprint density at radius 1 is 1.32 bits per heavy atom. The molecule has 0 aliphatic carbocycles. The minimum atomic E-state index is -0.557. The molecule has 0 atom stereocenters. The fourth-order valence-corrected chi connectivity index (χ4v) is 1.62. The number of aromatic nitrogens is 2. The Kier molecular flexibility index (Phi) is 5.50. The van der Waals surface area contributed by atoms with Crippen LogP contribution < -0.4 is 16.2 Å². The molecular weight excluding hydrogens is 308 g/mol. The monoisotopic (exact) mass is 320 g/mol. The lowest BCUT2D eigenvalue weighted by Crippen LogP contribution is -2.31. The van der Waals surface area contributed by atoms with Gasteiger partial charge < -0.3 is 5.32 Å². The van der Waals surface area contributed by atoms with Crippen LogP contribution in [0.2, 0.25) is 5.02 Å². The summed E-state index contributed by atoms with van der Waals surface area (Å²) >= 11 is 5.73. The molecule has 9 heteroatoms. The molecule has 0 amide bonds. The summed E-state index contributed by atoms with van der Waals surface area (Å²) in [5, 5.41) is 14.1. The summed E-state index contributed by atoms with van der Waals surface area (Å²) in [5.74, 6) is 0.669. The van der Waals surface area contributed by atoms with Gasteiger partial charge in [-0.1, -0.05) is 11.6 Å². The van der Waals surface area contributed by atoms with Crippen LogP contribution in [0.5, 0.6) is 0 Å². The van der Waals surface area contributed by atoms with E-state index in [1.807, 2.05) is 12.1 Å². The summed E-state index contributed by atoms with van der Waals surface area (Å²) in [7, 11) is 0. The Labute approximate surface area is 131 Å². The highest BCUT2D eigenvalue weighted by atomic mass is 35.5. The quantitative estimate of drug-likeness (QED) is 0.528. The largest absolute Gasteiger partial charge is 0.361 e. The summed E-state index contributed by atoms with van der Waals surface area (Å²) < 4.78 is 0. The van der Waals surface area contributed by atoms with Gasteiger partial charge in [0.25, 0.3) is 6.20 Å². The number of nitro groups is 1. The number of pyridine rings is 2. The lowest BCUT2D eigenvalue weighted by Gasteiger charge is -2.12. The van der Waals surface area contributed by atoms with Crippen molar-refractivity contribution < 1.29 is 4.92 Å². The second-order valence-electron chi connectivity index (χ2n) is 4.15. The third kappa shape index (κ3) is 5.25. The first-order chi connectivity index (χ1) is 10.6. The average molecular weight is 321 g/mol. The number of anilines is 1. The lowest BCUT2D eigenvalue weighted by atomic mass is 10.3. The van der Waals surface area contributed by atoms with Gasteiger partial charge in [0, 0.05) is 25.1 Å². The maximum Gasteiger partial charge on any atom is 0.275 e. The van der Waals surface area contributed by atoms with Crippen LogP contribution in [0.15, 0.2) is 54.9 Å². The van der Waals surface area contributed by atoms with Gasteiger partial charge >= 0.3 is 0 Å². The predicted octanol–water partition coefficient (Wildman–Crippen LogP) is 1.91. The fraction of sp³-hybridized carbons (Fsp3) is 0.0769. The van der Waals surface area contributed by atoms with E-state index in [4.69, 9.17) is 11.6 Å². The van der Waals surface area contributed by atoms with Crippen molar-refractivity contribution in [3.8, 4) is 0 Å². The van der Waals surface area contributed by atoms with E-state index in [2.05, 4.69) is 26.1 Å². The highest BCUT2D eigenvalue weighted by molar-refractivity contribution is 6.30. The third-order valence-corrected chi connectivity index (χ3v) is 2.74. The van der Waals surface area contributed by atoms with E-state index >= 15 is 0 Å². The molecule has 0 aromatic carbocycles. The Hall–Kier alpha value is -2.87. The number of hydrogen-bond acceptors (Lipinski definition) is 7. The first-order valence-corrected chi connectivity index (χ1v) is 6.63. The van der Waals surface area contributed by atoms with Crippen LogP contribution in [0.3, 0.4) is 0 Å². The molecule has 0 bridgehead atoms. The van der Waals surface area contributed by atoms with E-state index in [-0.39, 0.29) is 5.82 Å². The van der Waals surface area contributed by atoms with Crippen LogP contribution in [0.4, 0.5) is 5.82 Å². The van der Waals surface area contributed by atoms with Crippen LogP contribution >= 0.6 is 11.6 Å². The molecule has 2 rings (SSSR count). The molecule has 3 N–H and O–H groups in total. The van der Waals surface area contributed by atoms with Crippen molar-refractivity contribution in [2.24, 2.45) is 0 Å². The van der Waals surface area contributed by atoms with Crippen LogP contribution in [-0.2, 0) is 6.54 Å². The molecule has 0 fully saturated rings. The van der Waals surface area contributed by atoms with E-state index in [0.29, 0.717) is 17.4 Å². The minimum absolute atomic E-state index is 0.193. The van der Waals surface area contributed by atoms with Gasteiger partial charge in [-0.05, 0) is 29.8 Å². The summed E-state index contributed by atoms with van der Waals surface area (Å²) in [6.45, 7) is 0.408. The van der Waals surface area contributed by atoms with Crippen LogP contribution in [0, 0.1) is 10.1 Å².